The number of rotatable bonds is 2. The maximum Gasteiger partial charge on any atom is 0.131 e. The van der Waals surface area contributed by atoms with Crippen molar-refractivity contribution in [2.75, 3.05) is 0 Å². The van der Waals surface area contributed by atoms with Gasteiger partial charge in [-0.1, -0.05) is 18.2 Å². The molecule has 2 aromatic rings. The fourth-order valence-corrected chi connectivity index (χ4v) is 1.61. The van der Waals surface area contributed by atoms with E-state index in [-0.39, 0.29) is 18.2 Å². The molecule has 0 aliphatic heterocycles. The van der Waals surface area contributed by atoms with Gasteiger partial charge in [0.25, 0.3) is 0 Å². The van der Waals surface area contributed by atoms with Gasteiger partial charge in [-0.05, 0) is 6.07 Å². The molecule has 0 radical (unpaired) electrons. The average Bonchev–Trinajstić information content (AvgIpc) is 2.60. The van der Waals surface area contributed by atoms with E-state index in [1.807, 2.05) is 0 Å². The first-order valence-corrected chi connectivity index (χ1v) is 4.70. The Morgan fingerprint density at radius 3 is 2.62 bits per heavy atom. The van der Waals surface area contributed by atoms with E-state index in [2.05, 4.69) is 5.10 Å². The standard InChI is InChI=1S/C11H12FN3.ClH/c1-15-11(6-13)9(7-14-15)8-4-2-3-5-10(8)12;/h2-5,7H,6,13H2,1H3;1H. The van der Waals surface area contributed by atoms with Gasteiger partial charge in [-0.15, -0.1) is 12.4 Å². The number of aryl methyl sites for hydroxylation is 1. The minimum absolute atomic E-state index is 0. The summed E-state index contributed by atoms with van der Waals surface area (Å²) in [6.07, 6.45) is 1.64. The Bertz CT molecular complexity index is 482. The van der Waals surface area contributed by atoms with Gasteiger partial charge in [0.05, 0.1) is 11.9 Å². The Balaban J connectivity index is 0.00000128. The van der Waals surface area contributed by atoms with Crippen LogP contribution in [-0.2, 0) is 13.6 Å². The molecule has 0 fully saturated rings. The lowest BCUT2D eigenvalue weighted by molar-refractivity contribution is 0.631. The molecule has 0 aliphatic rings. The maximum absolute atomic E-state index is 13.5. The topological polar surface area (TPSA) is 43.8 Å². The fourth-order valence-electron chi connectivity index (χ4n) is 1.61. The summed E-state index contributed by atoms with van der Waals surface area (Å²) in [6.45, 7) is 0.347. The predicted molar refractivity (Wildman–Crippen MR) is 63.7 cm³/mol. The van der Waals surface area contributed by atoms with Crippen molar-refractivity contribution in [2.24, 2.45) is 12.8 Å². The molecule has 0 saturated heterocycles. The molecular weight excluding hydrogens is 229 g/mol. The number of hydrogen-bond donors (Lipinski definition) is 1. The van der Waals surface area contributed by atoms with E-state index < -0.39 is 0 Å². The molecule has 0 bridgehead atoms. The van der Waals surface area contributed by atoms with Crippen LogP contribution in [0.1, 0.15) is 5.69 Å². The molecule has 2 N–H and O–H groups in total. The normalized spacial score (nSPS) is 9.94. The lowest BCUT2D eigenvalue weighted by atomic mass is 10.1. The molecule has 16 heavy (non-hydrogen) atoms. The van der Waals surface area contributed by atoms with Crippen LogP contribution in [0.4, 0.5) is 4.39 Å². The Kier molecular flexibility index (Phi) is 4.04. The van der Waals surface area contributed by atoms with E-state index in [1.165, 1.54) is 6.07 Å². The van der Waals surface area contributed by atoms with Gasteiger partial charge < -0.3 is 5.73 Å². The molecule has 0 atom stereocenters. The van der Waals surface area contributed by atoms with E-state index >= 15 is 0 Å². The highest BCUT2D eigenvalue weighted by Gasteiger charge is 2.11. The summed E-state index contributed by atoms with van der Waals surface area (Å²) in [5.74, 6) is -0.250. The second-order valence-corrected chi connectivity index (χ2v) is 3.31. The predicted octanol–water partition coefficient (Wildman–Crippen LogP) is 2.11. The molecule has 1 aromatic heterocycles. The fraction of sp³-hybridized carbons (Fsp3) is 0.182. The van der Waals surface area contributed by atoms with E-state index in [9.17, 15) is 4.39 Å². The third kappa shape index (κ3) is 2.08. The van der Waals surface area contributed by atoms with E-state index in [1.54, 1.807) is 36.1 Å². The minimum atomic E-state index is -0.250. The zero-order valence-electron chi connectivity index (χ0n) is 8.85. The van der Waals surface area contributed by atoms with Crippen LogP contribution >= 0.6 is 12.4 Å². The van der Waals surface area contributed by atoms with Gasteiger partial charge in [0.2, 0.25) is 0 Å². The molecule has 5 heteroatoms. The van der Waals surface area contributed by atoms with Gasteiger partial charge >= 0.3 is 0 Å². The highest BCUT2D eigenvalue weighted by atomic mass is 35.5. The van der Waals surface area contributed by atoms with Crippen LogP contribution in [0.25, 0.3) is 11.1 Å². The molecule has 3 nitrogen and oxygen atoms in total. The van der Waals surface area contributed by atoms with Gasteiger partial charge in [0.1, 0.15) is 5.82 Å². The molecular formula is C11H13ClFN3. The van der Waals surface area contributed by atoms with Crippen molar-refractivity contribution < 1.29 is 4.39 Å². The monoisotopic (exact) mass is 241 g/mol. The summed E-state index contributed by atoms with van der Waals surface area (Å²) in [4.78, 5) is 0. The van der Waals surface area contributed by atoms with Crippen LogP contribution in [0.2, 0.25) is 0 Å². The van der Waals surface area contributed by atoms with Crippen LogP contribution < -0.4 is 5.73 Å². The summed E-state index contributed by atoms with van der Waals surface area (Å²) >= 11 is 0. The van der Waals surface area contributed by atoms with Crippen molar-refractivity contribution in [3.05, 3.63) is 42.0 Å². The van der Waals surface area contributed by atoms with Crippen molar-refractivity contribution in [3.63, 3.8) is 0 Å². The summed E-state index contributed by atoms with van der Waals surface area (Å²) in [5.41, 5.74) is 7.74. The van der Waals surface area contributed by atoms with E-state index in [0.29, 0.717) is 12.1 Å². The minimum Gasteiger partial charge on any atom is -0.325 e. The zero-order chi connectivity index (χ0) is 10.8. The number of nitrogens with zero attached hydrogens (tertiary/aromatic N) is 2. The summed E-state index contributed by atoms with van der Waals surface area (Å²) < 4.78 is 15.2. The van der Waals surface area contributed by atoms with Crippen LogP contribution in [0.3, 0.4) is 0 Å². The molecule has 0 saturated carbocycles. The molecule has 0 unspecified atom stereocenters. The van der Waals surface area contributed by atoms with Crippen molar-refractivity contribution in [1.29, 1.82) is 0 Å². The second kappa shape index (κ2) is 5.09. The number of halogens is 2. The highest BCUT2D eigenvalue weighted by molar-refractivity contribution is 5.85. The SMILES string of the molecule is Cl.Cn1ncc(-c2ccccc2F)c1CN. The van der Waals surface area contributed by atoms with Gasteiger partial charge in [0.15, 0.2) is 0 Å². The van der Waals surface area contributed by atoms with Crippen LogP contribution in [0.5, 0.6) is 0 Å². The molecule has 0 amide bonds. The van der Waals surface area contributed by atoms with E-state index in [4.69, 9.17) is 5.73 Å². The smallest absolute Gasteiger partial charge is 0.131 e. The highest BCUT2D eigenvalue weighted by Crippen LogP contribution is 2.25. The largest absolute Gasteiger partial charge is 0.325 e. The van der Waals surface area contributed by atoms with Crippen molar-refractivity contribution in [3.8, 4) is 11.1 Å². The molecule has 86 valence electrons. The molecule has 0 spiro atoms. The quantitative estimate of drug-likeness (QED) is 0.875. The van der Waals surface area contributed by atoms with Crippen molar-refractivity contribution in [2.45, 2.75) is 6.54 Å². The molecule has 1 heterocycles. The van der Waals surface area contributed by atoms with Gasteiger partial charge in [-0.3, -0.25) is 4.68 Å². The van der Waals surface area contributed by atoms with Crippen LogP contribution in [0.15, 0.2) is 30.5 Å². The Morgan fingerprint density at radius 1 is 1.31 bits per heavy atom. The maximum atomic E-state index is 13.5. The summed E-state index contributed by atoms with van der Waals surface area (Å²) in [5, 5.41) is 4.07. The molecule has 2 rings (SSSR count). The summed E-state index contributed by atoms with van der Waals surface area (Å²) in [7, 11) is 1.80. The third-order valence-electron chi connectivity index (χ3n) is 2.42. The first-order valence-electron chi connectivity index (χ1n) is 4.70. The number of benzene rings is 1. The van der Waals surface area contributed by atoms with Gasteiger partial charge in [0, 0.05) is 24.7 Å². The average molecular weight is 242 g/mol. The van der Waals surface area contributed by atoms with Crippen LogP contribution in [0, 0.1) is 5.82 Å². The van der Waals surface area contributed by atoms with Gasteiger partial charge in [-0.25, -0.2) is 4.39 Å². The number of hydrogen-bond acceptors (Lipinski definition) is 2. The summed E-state index contributed by atoms with van der Waals surface area (Å²) in [6, 6.07) is 6.62. The second-order valence-electron chi connectivity index (χ2n) is 3.31. The zero-order valence-corrected chi connectivity index (χ0v) is 9.67. The number of aromatic nitrogens is 2. The van der Waals surface area contributed by atoms with Crippen molar-refractivity contribution in [1.82, 2.24) is 9.78 Å². The Morgan fingerprint density at radius 2 is 2.00 bits per heavy atom. The third-order valence-corrected chi connectivity index (χ3v) is 2.42. The van der Waals surface area contributed by atoms with Crippen LogP contribution in [-0.4, -0.2) is 9.78 Å². The molecule has 1 aromatic carbocycles. The Hall–Kier alpha value is -1.39. The first-order chi connectivity index (χ1) is 7.24. The Labute approximate surface area is 99.5 Å². The number of nitrogens with two attached hydrogens (primary N) is 1. The van der Waals surface area contributed by atoms with Gasteiger partial charge in [-0.2, -0.15) is 5.10 Å². The lowest BCUT2D eigenvalue weighted by Crippen LogP contribution is -2.05. The van der Waals surface area contributed by atoms with E-state index in [0.717, 1.165) is 11.3 Å². The lowest BCUT2D eigenvalue weighted by Gasteiger charge is -2.04. The van der Waals surface area contributed by atoms with Crippen molar-refractivity contribution >= 4 is 12.4 Å². The molecule has 0 aliphatic carbocycles. The first kappa shape index (κ1) is 12.7.